The Bertz CT molecular complexity index is 1210. The van der Waals surface area contributed by atoms with Crippen molar-refractivity contribution in [2.24, 2.45) is 0 Å². The van der Waals surface area contributed by atoms with Gasteiger partial charge in [0.25, 0.3) is 5.91 Å². The van der Waals surface area contributed by atoms with E-state index in [4.69, 9.17) is 9.47 Å². The third-order valence-corrected chi connectivity index (χ3v) is 5.97. The molecule has 0 aliphatic carbocycles. The molecule has 0 radical (unpaired) electrons. The van der Waals surface area contributed by atoms with Crippen LogP contribution in [-0.4, -0.2) is 61.1 Å². The summed E-state index contributed by atoms with van der Waals surface area (Å²) in [5.74, 6) is 1.53. The molecule has 1 aromatic heterocycles. The van der Waals surface area contributed by atoms with Gasteiger partial charge in [-0.3, -0.25) is 4.79 Å². The van der Waals surface area contributed by atoms with Gasteiger partial charge in [-0.1, -0.05) is 12.1 Å². The molecule has 9 nitrogen and oxygen atoms in total. The number of methoxy groups -OCH3 is 1. The van der Waals surface area contributed by atoms with Crippen LogP contribution in [-0.2, 0) is 0 Å². The van der Waals surface area contributed by atoms with Gasteiger partial charge in [0.2, 0.25) is 11.8 Å². The van der Waals surface area contributed by atoms with E-state index in [-0.39, 0.29) is 11.8 Å². The molecule has 0 spiro atoms. The Morgan fingerprint density at radius 3 is 2.76 bits per heavy atom. The van der Waals surface area contributed by atoms with Crippen molar-refractivity contribution in [1.29, 1.82) is 0 Å². The Morgan fingerprint density at radius 2 is 1.97 bits per heavy atom. The molecule has 9 heteroatoms. The van der Waals surface area contributed by atoms with Crippen molar-refractivity contribution >= 4 is 28.9 Å². The maximum absolute atomic E-state index is 12.6. The third-order valence-electron chi connectivity index (χ3n) is 5.97. The molecular formula is C24H26N6O3. The minimum absolute atomic E-state index is 0.243. The fourth-order valence-corrected chi connectivity index (χ4v) is 4.06. The van der Waals surface area contributed by atoms with Crippen LogP contribution in [0.3, 0.4) is 0 Å². The Morgan fingerprint density at radius 1 is 1.15 bits per heavy atom. The van der Waals surface area contributed by atoms with E-state index in [0.29, 0.717) is 28.7 Å². The molecule has 33 heavy (non-hydrogen) atoms. The zero-order chi connectivity index (χ0) is 22.9. The number of likely N-dealkylation sites (N-methyl/N-ethyl adjacent to an activating group) is 1. The van der Waals surface area contributed by atoms with E-state index in [1.807, 2.05) is 31.2 Å². The lowest BCUT2D eigenvalue weighted by molar-refractivity contribution is 0.102. The van der Waals surface area contributed by atoms with Gasteiger partial charge in [-0.05, 0) is 37.7 Å². The summed E-state index contributed by atoms with van der Waals surface area (Å²) < 4.78 is 11.6. The van der Waals surface area contributed by atoms with Crippen molar-refractivity contribution in [2.45, 2.75) is 6.92 Å². The number of carbonyl (C=O) groups excluding carboxylic acids is 1. The van der Waals surface area contributed by atoms with Gasteiger partial charge in [-0.2, -0.15) is 4.98 Å². The molecular weight excluding hydrogens is 420 g/mol. The summed E-state index contributed by atoms with van der Waals surface area (Å²) in [7, 11) is 3.78. The highest BCUT2D eigenvalue weighted by molar-refractivity contribution is 6.08. The van der Waals surface area contributed by atoms with Gasteiger partial charge in [-0.25, -0.2) is 4.98 Å². The molecule has 170 valence electrons. The van der Waals surface area contributed by atoms with Crippen LogP contribution in [0.5, 0.6) is 17.4 Å². The van der Waals surface area contributed by atoms with Crippen LogP contribution in [0.15, 0.2) is 42.6 Å². The quantitative estimate of drug-likeness (QED) is 0.628. The number of amides is 1. The van der Waals surface area contributed by atoms with Gasteiger partial charge in [0.15, 0.2) is 0 Å². The van der Waals surface area contributed by atoms with Crippen LogP contribution in [0.25, 0.3) is 0 Å². The van der Waals surface area contributed by atoms with Crippen LogP contribution in [0.1, 0.15) is 15.9 Å². The molecule has 2 aromatic carbocycles. The Labute approximate surface area is 192 Å². The number of hydrogen-bond donors (Lipinski definition) is 2. The average Bonchev–Trinajstić information content (AvgIpc) is 2.95. The summed E-state index contributed by atoms with van der Waals surface area (Å²) >= 11 is 0. The second-order valence-electron chi connectivity index (χ2n) is 8.22. The largest absolute Gasteiger partial charge is 0.494 e. The molecule has 5 rings (SSSR count). The molecule has 2 aliphatic rings. The predicted octanol–water partition coefficient (Wildman–Crippen LogP) is 3.65. The summed E-state index contributed by atoms with van der Waals surface area (Å²) in [6, 6.07) is 11.5. The Balaban J connectivity index is 1.40. The normalized spacial score (nSPS) is 15.6. The molecule has 1 saturated heterocycles. The first-order valence-electron chi connectivity index (χ1n) is 10.9. The van der Waals surface area contributed by atoms with E-state index in [1.54, 1.807) is 13.2 Å². The standard InChI is InChI=1S/C24H26N6O3/c1-15-5-4-6-19-21(15)22(31)26-18-14-25-24(28-23(18)33-19)27-17-8-7-16(13-20(17)32-3)30-11-9-29(2)10-12-30/h4-8,13-14H,9-12H2,1-3H3,(H,26,31)(H,25,27,28). The van der Waals surface area contributed by atoms with Crippen molar-refractivity contribution < 1.29 is 14.3 Å². The van der Waals surface area contributed by atoms with Crippen molar-refractivity contribution in [2.75, 3.05) is 55.9 Å². The molecule has 2 aliphatic heterocycles. The Kier molecular flexibility index (Phi) is 5.47. The molecule has 0 atom stereocenters. The van der Waals surface area contributed by atoms with E-state index in [0.717, 1.165) is 43.1 Å². The van der Waals surface area contributed by atoms with Gasteiger partial charge in [-0.15, -0.1) is 0 Å². The maximum Gasteiger partial charge on any atom is 0.259 e. The fraction of sp³-hybridized carbons (Fsp3) is 0.292. The molecule has 3 heterocycles. The molecule has 3 aromatic rings. The van der Waals surface area contributed by atoms with Crippen LogP contribution in [0.4, 0.5) is 23.0 Å². The van der Waals surface area contributed by atoms with Crippen molar-refractivity contribution in [3.63, 3.8) is 0 Å². The van der Waals surface area contributed by atoms with Crippen LogP contribution in [0, 0.1) is 6.92 Å². The number of benzene rings is 2. The smallest absolute Gasteiger partial charge is 0.259 e. The number of ether oxygens (including phenoxy) is 2. The summed E-state index contributed by atoms with van der Waals surface area (Å²) in [5.41, 5.74) is 3.59. The minimum Gasteiger partial charge on any atom is -0.494 e. The number of nitrogens with one attached hydrogen (secondary N) is 2. The summed E-state index contributed by atoms with van der Waals surface area (Å²) in [6.45, 7) is 5.89. The van der Waals surface area contributed by atoms with Gasteiger partial charge >= 0.3 is 0 Å². The Hall–Kier alpha value is -3.85. The lowest BCUT2D eigenvalue weighted by Crippen LogP contribution is -2.44. The van der Waals surface area contributed by atoms with E-state index < -0.39 is 0 Å². The number of anilines is 4. The number of hydrogen-bond acceptors (Lipinski definition) is 8. The summed E-state index contributed by atoms with van der Waals surface area (Å²) in [6.07, 6.45) is 1.54. The van der Waals surface area contributed by atoms with Crippen LogP contribution < -0.4 is 25.0 Å². The van der Waals surface area contributed by atoms with Gasteiger partial charge < -0.3 is 29.9 Å². The zero-order valence-corrected chi connectivity index (χ0v) is 18.9. The van der Waals surface area contributed by atoms with Gasteiger partial charge in [0.05, 0.1) is 24.6 Å². The lowest BCUT2D eigenvalue weighted by atomic mass is 10.1. The zero-order valence-electron chi connectivity index (χ0n) is 18.9. The van der Waals surface area contributed by atoms with Crippen LogP contribution >= 0.6 is 0 Å². The second kappa shape index (κ2) is 8.59. The third kappa shape index (κ3) is 4.14. The van der Waals surface area contributed by atoms with E-state index >= 15 is 0 Å². The number of rotatable bonds is 4. The first-order chi connectivity index (χ1) is 16.0. The van der Waals surface area contributed by atoms with E-state index in [1.165, 1.54) is 6.20 Å². The highest BCUT2D eigenvalue weighted by Gasteiger charge is 2.24. The van der Waals surface area contributed by atoms with Crippen molar-refractivity contribution in [3.05, 3.63) is 53.7 Å². The second-order valence-corrected chi connectivity index (χ2v) is 8.22. The lowest BCUT2D eigenvalue weighted by Gasteiger charge is -2.34. The average molecular weight is 447 g/mol. The number of fused-ring (bicyclic) bond motifs is 2. The first kappa shape index (κ1) is 21.0. The minimum atomic E-state index is -0.243. The number of carbonyl (C=O) groups is 1. The first-order valence-corrected chi connectivity index (χ1v) is 10.9. The molecule has 0 bridgehead atoms. The highest BCUT2D eigenvalue weighted by atomic mass is 16.5. The van der Waals surface area contributed by atoms with Crippen molar-refractivity contribution in [3.8, 4) is 17.4 Å². The van der Waals surface area contributed by atoms with Gasteiger partial charge in [0.1, 0.15) is 17.2 Å². The summed E-state index contributed by atoms with van der Waals surface area (Å²) in [4.78, 5) is 26.2. The number of piperazine rings is 1. The van der Waals surface area contributed by atoms with E-state index in [9.17, 15) is 4.79 Å². The number of aryl methyl sites for hydroxylation is 1. The highest BCUT2D eigenvalue weighted by Crippen LogP contribution is 2.37. The van der Waals surface area contributed by atoms with Crippen molar-refractivity contribution in [1.82, 2.24) is 14.9 Å². The molecule has 2 N–H and O–H groups in total. The maximum atomic E-state index is 12.6. The number of nitrogens with zero attached hydrogens (tertiary/aromatic N) is 4. The van der Waals surface area contributed by atoms with Crippen LogP contribution in [0.2, 0.25) is 0 Å². The topological polar surface area (TPSA) is 91.8 Å². The summed E-state index contributed by atoms with van der Waals surface area (Å²) in [5, 5.41) is 6.04. The van der Waals surface area contributed by atoms with Gasteiger partial charge in [0, 0.05) is 37.9 Å². The SMILES string of the molecule is COc1cc(N2CCN(C)CC2)ccc1Nc1ncc2c(n1)Oc1cccc(C)c1C(=O)N2. The number of aromatic nitrogens is 2. The molecule has 1 amide bonds. The molecule has 1 fully saturated rings. The monoisotopic (exact) mass is 446 g/mol. The fourth-order valence-electron chi connectivity index (χ4n) is 4.06. The molecule has 0 saturated carbocycles. The predicted molar refractivity (Wildman–Crippen MR) is 127 cm³/mol. The van der Waals surface area contributed by atoms with E-state index in [2.05, 4.69) is 43.5 Å². The molecule has 0 unspecified atom stereocenters.